The zero-order valence-electron chi connectivity index (χ0n) is 10.3. The van der Waals surface area contributed by atoms with E-state index in [1.165, 1.54) is 12.5 Å². The average molecular weight is 241 g/mol. The van der Waals surface area contributed by atoms with Crippen LogP contribution in [0.3, 0.4) is 0 Å². The van der Waals surface area contributed by atoms with Gasteiger partial charge in [-0.2, -0.15) is 0 Å². The van der Waals surface area contributed by atoms with Crippen molar-refractivity contribution in [2.75, 3.05) is 6.26 Å². The Bertz CT molecular complexity index is 464. The molecule has 0 fully saturated rings. The summed E-state index contributed by atoms with van der Waals surface area (Å²) in [7, 11) is -3.16. The zero-order valence-corrected chi connectivity index (χ0v) is 11.1. The van der Waals surface area contributed by atoms with Crippen LogP contribution >= 0.6 is 0 Å². The number of pyridine rings is 1. The molecule has 0 aliphatic heterocycles. The van der Waals surface area contributed by atoms with Crippen molar-refractivity contribution < 1.29 is 8.42 Å². The maximum absolute atomic E-state index is 11.4. The summed E-state index contributed by atoms with van der Waals surface area (Å²) in [5, 5.41) is 0. The van der Waals surface area contributed by atoms with Crippen molar-refractivity contribution in [3.8, 4) is 0 Å². The molecule has 3 nitrogen and oxygen atoms in total. The summed E-state index contributed by atoms with van der Waals surface area (Å²) in [4.78, 5) is 4.32. The Balaban J connectivity index is 3.18. The monoisotopic (exact) mass is 241 g/mol. The first-order valence-electron chi connectivity index (χ1n) is 5.43. The molecule has 0 bridgehead atoms. The molecule has 4 heteroatoms. The van der Waals surface area contributed by atoms with Gasteiger partial charge in [-0.15, -0.1) is 0 Å². The third kappa shape index (κ3) is 3.04. The van der Waals surface area contributed by atoms with E-state index in [1.54, 1.807) is 12.3 Å². The van der Waals surface area contributed by atoms with Crippen LogP contribution in [0.1, 0.15) is 39.2 Å². The highest BCUT2D eigenvalue weighted by Crippen LogP contribution is 2.28. The van der Waals surface area contributed by atoms with Gasteiger partial charge in [-0.3, -0.25) is 4.98 Å². The minimum absolute atomic E-state index is 0.0253. The third-order valence-corrected chi connectivity index (χ3v) is 3.88. The van der Waals surface area contributed by atoms with Crippen molar-refractivity contribution in [2.24, 2.45) is 0 Å². The number of aromatic nitrogens is 1. The fourth-order valence-corrected chi connectivity index (χ4v) is 2.35. The SMILES string of the molecule is CCCC(C)(C)c1cncc(S(C)(=O)=O)c1. The van der Waals surface area contributed by atoms with Crippen molar-refractivity contribution in [2.45, 2.75) is 43.9 Å². The van der Waals surface area contributed by atoms with Gasteiger partial charge in [-0.1, -0.05) is 27.2 Å². The Labute approximate surface area is 97.8 Å². The Morgan fingerprint density at radius 2 is 1.94 bits per heavy atom. The minimum atomic E-state index is -3.16. The largest absolute Gasteiger partial charge is 0.263 e. The van der Waals surface area contributed by atoms with E-state index < -0.39 is 9.84 Å². The van der Waals surface area contributed by atoms with Gasteiger partial charge in [-0.05, 0) is 23.5 Å². The summed E-state index contributed by atoms with van der Waals surface area (Å²) in [6, 6.07) is 1.73. The van der Waals surface area contributed by atoms with E-state index in [-0.39, 0.29) is 5.41 Å². The van der Waals surface area contributed by atoms with Gasteiger partial charge >= 0.3 is 0 Å². The van der Waals surface area contributed by atoms with Gasteiger partial charge in [0, 0.05) is 18.6 Å². The van der Waals surface area contributed by atoms with E-state index in [9.17, 15) is 8.42 Å². The topological polar surface area (TPSA) is 47.0 Å². The Morgan fingerprint density at radius 3 is 2.44 bits per heavy atom. The summed E-state index contributed by atoms with van der Waals surface area (Å²) >= 11 is 0. The Kier molecular flexibility index (Phi) is 3.73. The first-order valence-corrected chi connectivity index (χ1v) is 7.32. The first kappa shape index (κ1) is 13.2. The zero-order chi connectivity index (χ0) is 12.4. The predicted molar refractivity (Wildman–Crippen MR) is 65.3 cm³/mol. The smallest absolute Gasteiger partial charge is 0.177 e. The molecule has 0 amide bonds. The van der Waals surface area contributed by atoms with E-state index in [4.69, 9.17) is 0 Å². The van der Waals surface area contributed by atoms with Crippen molar-refractivity contribution >= 4 is 9.84 Å². The lowest BCUT2D eigenvalue weighted by Crippen LogP contribution is -2.17. The molecule has 0 saturated heterocycles. The molecule has 16 heavy (non-hydrogen) atoms. The van der Waals surface area contributed by atoms with Crippen LogP contribution in [0.4, 0.5) is 0 Å². The van der Waals surface area contributed by atoms with Crippen LogP contribution in [0, 0.1) is 0 Å². The highest BCUT2D eigenvalue weighted by Gasteiger charge is 2.21. The summed E-state index contributed by atoms with van der Waals surface area (Å²) < 4.78 is 22.9. The van der Waals surface area contributed by atoms with Gasteiger partial charge in [0.25, 0.3) is 0 Å². The fraction of sp³-hybridized carbons (Fsp3) is 0.583. The van der Waals surface area contributed by atoms with E-state index in [0.29, 0.717) is 4.90 Å². The standard InChI is InChI=1S/C12H19NO2S/c1-5-6-12(2,3)10-7-11(9-13-8-10)16(4,14)15/h7-9H,5-6H2,1-4H3. The van der Waals surface area contributed by atoms with E-state index in [0.717, 1.165) is 18.4 Å². The van der Waals surface area contributed by atoms with Gasteiger partial charge < -0.3 is 0 Å². The number of sulfone groups is 1. The molecule has 1 rings (SSSR count). The fourth-order valence-electron chi connectivity index (χ4n) is 1.76. The molecular weight excluding hydrogens is 222 g/mol. The van der Waals surface area contributed by atoms with Crippen LogP contribution < -0.4 is 0 Å². The van der Waals surface area contributed by atoms with Crippen molar-refractivity contribution in [1.29, 1.82) is 0 Å². The average Bonchev–Trinajstić information content (AvgIpc) is 2.16. The summed E-state index contributed by atoms with van der Waals surface area (Å²) in [6.45, 7) is 6.34. The summed E-state index contributed by atoms with van der Waals surface area (Å²) in [5.74, 6) is 0. The summed E-state index contributed by atoms with van der Waals surface area (Å²) in [5.41, 5.74) is 0.958. The molecule has 0 saturated carbocycles. The number of rotatable bonds is 4. The molecule has 0 atom stereocenters. The van der Waals surface area contributed by atoms with E-state index in [1.807, 2.05) is 0 Å². The molecule has 90 valence electrons. The molecule has 1 heterocycles. The van der Waals surface area contributed by atoms with Crippen LogP contribution in [0.15, 0.2) is 23.4 Å². The van der Waals surface area contributed by atoms with Gasteiger partial charge in [-0.25, -0.2) is 8.42 Å². The lowest BCUT2D eigenvalue weighted by molar-refractivity contribution is 0.470. The molecular formula is C12H19NO2S. The van der Waals surface area contributed by atoms with Gasteiger partial charge in [0.15, 0.2) is 9.84 Å². The second-order valence-electron chi connectivity index (χ2n) is 4.82. The highest BCUT2D eigenvalue weighted by molar-refractivity contribution is 7.90. The van der Waals surface area contributed by atoms with Crippen LogP contribution in [0.25, 0.3) is 0 Å². The number of nitrogens with zero attached hydrogens (tertiary/aromatic N) is 1. The van der Waals surface area contributed by atoms with Crippen molar-refractivity contribution in [3.63, 3.8) is 0 Å². The van der Waals surface area contributed by atoms with E-state index >= 15 is 0 Å². The molecule has 0 N–H and O–H groups in total. The van der Waals surface area contributed by atoms with Crippen LogP contribution in [-0.4, -0.2) is 19.7 Å². The molecule has 0 aliphatic rings. The second kappa shape index (κ2) is 4.53. The maximum Gasteiger partial charge on any atom is 0.177 e. The van der Waals surface area contributed by atoms with Gasteiger partial charge in [0.2, 0.25) is 0 Å². The highest BCUT2D eigenvalue weighted by atomic mass is 32.2. The van der Waals surface area contributed by atoms with Gasteiger partial charge in [0.1, 0.15) is 0 Å². The predicted octanol–water partition coefficient (Wildman–Crippen LogP) is 2.56. The molecule has 0 spiro atoms. The lowest BCUT2D eigenvalue weighted by Gasteiger charge is -2.24. The molecule has 0 aliphatic carbocycles. The van der Waals surface area contributed by atoms with Crippen LogP contribution in [0.5, 0.6) is 0 Å². The quantitative estimate of drug-likeness (QED) is 0.814. The van der Waals surface area contributed by atoms with Crippen LogP contribution in [-0.2, 0) is 15.3 Å². The Morgan fingerprint density at radius 1 is 1.31 bits per heavy atom. The van der Waals surface area contributed by atoms with Crippen molar-refractivity contribution in [3.05, 3.63) is 24.0 Å². The number of hydrogen-bond donors (Lipinski definition) is 0. The molecule has 0 aromatic carbocycles. The molecule has 0 radical (unpaired) electrons. The molecule has 0 unspecified atom stereocenters. The molecule has 1 aromatic heterocycles. The lowest BCUT2D eigenvalue weighted by atomic mass is 9.82. The normalized spacial score (nSPS) is 12.8. The van der Waals surface area contributed by atoms with E-state index in [2.05, 4.69) is 25.8 Å². The summed E-state index contributed by atoms with van der Waals surface area (Å²) in [6.07, 6.45) is 6.45. The first-order chi connectivity index (χ1) is 7.27. The number of hydrogen-bond acceptors (Lipinski definition) is 3. The second-order valence-corrected chi connectivity index (χ2v) is 6.83. The molecule has 1 aromatic rings. The maximum atomic E-state index is 11.4. The third-order valence-electron chi connectivity index (χ3n) is 2.80. The minimum Gasteiger partial charge on any atom is -0.263 e. The Hall–Kier alpha value is -0.900. The van der Waals surface area contributed by atoms with Crippen LogP contribution in [0.2, 0.25) is 0 Å². The van der Waals surface area contributed by atoms with Crippen molar-refractivity contribution in [1.82, 2.24) is 4.98 Å². The van der Waals surface area contributed by atoms with Gasteiger partial charge in [0.05, 0.1) is 4.90 Å².